The van der Waals surface area contributed by atoms with E-state index in [0.717, 1.165) is 17.4 Å². The van der Waals surface area contributed by atoms with Crippen LogP contribution < -0.4 is 5.32 Å². The highest BCUT2D eigenvalue weighted by Gasteiger charge is 2.29. The summed E-state index contributed by atoms with van der Waals surface area (Å²) in [5, 5.41) is 3.42. The topological polar surface area (TPSA) is 103 Å². The fourth-order valence-electron chi connectivity index (χ4n) is 3.02. The van der Waals surface area contributed by atoms with Gasteiger partial charge in [0.15, 0.2) is 16.4 Å². The molecule has 1 N–H and O–H groups in total. The van der Waals surface area contributed by atoms with Crippen molar-refractivity contribution >= 4 is 32.7 Å². The van der Waals surface area contributed by atoms with Gasteiger partial charge in [-0.3, -0.25) is 9.59 Å². The van der Waals surface area contributed by atoms with Crippen LogP contribution in [0.2, 0.25) is 0 Å². The third-order valence-corrected chi connectivity index (χ3v) is 6.19. The van der Waals surface area contributed by atoms with Gasteiger partial charge in [-0.2, -0.15) is 0 Å². The molecule has 2 heterocycles. The number of fused-ring (bicyclic) bond motifs is 1. The molecule has 1 aliphatic heterocycles. The number of carbonyl (C=O) groups is 2. The summed E-state index contributed by atoms with van der Waals surface area (Å²) >= 11 is 0. The van der Waals surface area contributed by atoms with Crippen molar-refractivity contribution in [1.29, 1.82) is 0 Å². The van der Waals surface area contributed by atoms with Gasteiger partial charge < -0.3 is 14.5 Å². The molecule has 1 aromatic carbocycles. The second-order valence-corrected chi connectivity index (χ2v) is 8.68. The molecule has 0 unspecified atom stereocenters. The Morgan fingerprint density at radius 1 is 1.35 bits per heavy atom. The Bertz CT molecular complexity index is 930. The van der Waals surface area contributed by atoms with Gasteiger partial charge in [0.05, 0.1) is 24.2 Å². The number of benzene rings is 1. The first-order valence-corrected chi connectivity index (χ1v) is 10.3. The highest BCUT2D eigenvalue weighted by molar-refractivity contribution is 7.91. The predicted octanol–water partition coefficient (Wildman–Crippen LogP) is 1.38. The lowest BCUT2D eigenvalue weighted by atomic mass is 10.1. The molecule has 1 amide bonds. The Kier molecular flexibility index (Phi) is 5.31. The summed E-state index contributed by atoms with van der Waals surface area (Å²) in [7, 11) is -3.07. The van der Waals surface area contributed by atoms with Gasteiger partial charge in [-0.1, -0.05) is 19.1 Å². The molecule has 1 aliphatic rings. The van der Waals surface area contributed by atoms with Gasteiger partial charge in [-0.25, -0.2) is 8.42 Å². The normalized spacial score (nSPS) is 18.7. The fraction of sp³-hybridized carbons (Fsp3) is 0.444. The van der Waals surface area contributed by atoms with Gasteiger partial charge in [0.2, 0.25) is 0 Å². The Balaban J connectivity index is 1.50. The number of esters is 1. The average Bonchev–Trinajstić information content (AvgIpc) is 3.15. The molecular weight excluding hydrogens is 358 g/mol. The van der Waals surface area contributed by atoms with Gasteiger partial charge in [0.25, 0.3) is 5.91 Å². The molecule has 8 heteroatoms. The van der Waals surface area contributed by atoms with Crippen molar-refractivity contribution in [2.75, 3.05) is 18.1 Å². The summed E-state index contributed by atoms with van der Waals surface area (Å²) in [5.41, 5.74) is 2.56. The van der Waals surface area contributed by atoms with E-state index >= 15 is 0 Å². The van der Waals surface area contributed by atoms with E-state index in [1.165, 1.54) is 6.26 Å². The molecule has 0 spiro atoms. The van der Waals surface area contributed by atoms with Crippen molar-refractivity contribution in [3.05, 3.63) is 35.6 Å². The summed E-state index contributed by atoms with van der Waals surface area (Å²) in [6.45, 7) is 1.62. The van der Waals surface area contributed by atoms with Crippen LogP contribution in [0.1, 0.15) is 24.5 Å². The second kappa shape index (κ2) is 7.49. The number of aryl methyl sites for hydroxylation is 1. The Morgan fingerprint density at radius 2 is 2.15 bits per heavy atom. The minimum Gasteiger partial charge on any atom is -0.464 e. The highest BCUT2D eigenvalue weighted by Crippen LogP contribution is 2.23. The Hall–Kier alpha value is -2.35. The van der Waals surface area contributed by atoms with Crippen LogP contribution in [0.4, 0.5) is 0 Å². The lowest BCUT2D eigenvalue weighted by molar-refractivity contribution is -0.148. The zero-order valence-electron chi connectivity index (χ0n) is 14.5. The monoisotopic (exact) mass is 379 g/mol. The molecule has 0 radical (unpaired) electrons. The number of amides is 1. The van der Waals surface area contributed by atoms with E-state index in [0.29, 0.717) is 17.6 Å². The van der Waals surface area contributed by atoms with Crippen molar-refractivity contribution in [3.8, 4) is 0 Å². The number of ether oxygens (including phenoxy) is 1. The largest absolute Gasteiger partial charge is 0.464 e. The third-order valence-electron chi connectivity index (χ3n) is 4.42. The quantitative estimate of drug-likeness (QED) is 0.761. The molecule has 0 bridgehead atoms. The summed E-state index contributed by atoms with van der Waals surface area (Å²) in [6, 6.07) is 5.42. The molecule has 1 atom stereocenters. The number of hydrogen-bond donors (Lipinski definition) is 1. The molecule has 0 aliphatic carbocycles. The van der Waals surface area contributed by atoms with Crippen LogP contribution in [0.15, 0.2) is 28.9 Å². The van der Waals surface area contributed by atoms with Crippen LogP contribution in [0.3, 0.4) is 0 Å². The SMILES string of the molecule is CCc1ccc2c(CC(=O)OCC(=O)N[C@H]3CCS(=O)(=O)C3)coc2c1. The first-order valence-electron chi connectivity index (χ1n) is 8.50. The summed E-state index contributed by atoms with van der Waals surface area (Å²) in [5.74, 6) is -1.02. The number of hydrogen-bond acceptors (Lipinski definition) is 6. The van der Waals surface area contributed by atoms with Crippen molar-refractivity contribution in [3.63, 3.8) is 0 Å². The minimum absolute atomic E-state index is 0.00353. The van der Waals surface area contributed by atoms with E-state index in [9.17, 15) is 18.0 Å². The van der Waals surface area contributed by atoms with E-state index in [2.05, 4.69) is 12.2 Å². The van der Waals surface area contributed by atoms with E-state index in [4.69, 9.17) is 9.15 Å². The van der Waals surface area contributed by atoms with Gasteiger partial charge in [-0.15, -0.1) is 0 Å². The van der Waals surface area contributed by atoms with Crippen LogP contribution in [0.25, 0.3) is 11.0 Å². The molecular formula is C18H21NO6S. The second-order valence-electron chi connectivity index (χ2n) is 6.45. The number of sulfone groups is 1. The van der Waals surface area contributed by atoms with Crippen molar-refractivity contribution < 1.29 is 27.2 Å². The van der Waals surface area contributed by atoms with Crippen LogP contribution in [-0.2, 0) is 37.0 Å². The molecule has 26 heavy (non-hydrogen) atoms. The molecule has 2 aromatic rings. The van der Waals surface area contributed by atoms with Gasteiger partial charge >= 0.3 is 5.97 Å². The molecule has 3 rings (SSSR count). The standard InChI is InChI=1S/C18H21NO6S/c1-2-12-3-4-15-13(9-24-16(15)7-12)8-18(21)25-10-17(20)19-14-5-6-26(22,23)11-14/h3-4,7,9,14H,2,5-6,8,10-11H2,1H3,(H,19,20)/t14-/m0/s1. The van der Waals surface area contributed by atoms with Gasteiger partial charge in [0, 0.05) is 17.0 Å². The number of carbonyl (C=O) groups excluding carboxylic acids is 2. The van der Waals surface area contributed by atoms with Gasteiger partial charge in [0.1, 0.15) is 5.58 Å². The molecule has 1 fully saturated rings. The summed E-state index contributed by atoms with van der Waals surface area (Å²) in [4.78, 5) is 23.8. The Labute approximate surface area is 151 Å². The number of furan rings is 1. The van der Waals surface area contributed by atoms with E-state index in [1.807, 2.05) is 18.2 Å². The summed E-state index contributed by atoms with van der Waals surface area (Å²) < 4.78 is 33.2. The maximum Gasteiger partial charge on any atom is 0.310 e. The molecule has 140 valence electrons. The van der Waals surface area contributed by atoms with Crippen molar-refractivity contribution in [2.45, 2.75) is 32.2 Å². The number of rotatable bonds is 6. The van der Waals surface area contributed by atoms with E-state index < -0.39 is 34.4 Å². The zero-order valence-corrected chi connectivity index (χ0v) is 15.3. The first kappa shape index (κ1) is 18.4. The fourth-order valence-corrected chi connectivity index (χ4v) is 4.69. The highest BCUT2D eigenvalue weighted by atomic mass is 32.2. The minimum atomic E-state index is -3.07. The third kappa shape index (κ3) is 4.43. The molecule has 1 saturated heterocycles. The van der Waals surface area contributed by atoms with E-state index in [1.54, 1.807) is 0 Å². The summed E-state index contributed by atoms with van der Waals surface area (Å²) in [6.07, 6.45) is 2.81. The van der Waals surface area contributed by atoms with Crippen LogP contribution in [0.5, 0.6) is 0 Å². The lowest BCUT2D eigenvalue weighted by Gasteiger charge is -2.10. The Morgan fingerprint density at radius 3 is 2.85 bits per heavy atom. The smallest absolute Gasteiger partial charge is 0.310 e. The van der Waals surface area contributed by atoms with Gasteiger partial charge in [-0.05, 0) is 24.5 Å². The number of nitrogens with one attached hydrogen (secondary N) is 1. The van der Waals surface area contributed by atoms with Crippen molar-refractivity contribution in [2.24, 2.45) is 0 Å². The first-order chi connectivity index (χ1) is 12.4. The van der Waals surface area contributed by atoms with Crippen molar-refractivity contribution in [1.82, 2.24) is 5.32 Å². The lowest BCUT2D eigenvalue weighted by Crippen LogP contribution is -2.38. The molecule has 0 saturated carbocycles. The van der Waals surface area contributed by atoms with Crippen LogP contribution in [0, 0.1) is 0 Å². The van der Waals surface area contributed by atoms with Crippen LogP contribution in [-0.4, -0.2) is 44.4 Å². The molecule has 7 nitrogen and oxygen atoms in total. The maximum absolute atomic E-state index is 12.0. The van der Waals surface area contributed by atoms with Crippen LogP contribution >= 0.6 is 0 Å². The molecule has 1 aromatic heterocycles. The van der Waals surface area contributed by atoms with E-state index in [-0.39, 0.29) is 17.9 Å². The predicted molar refractivity (Wildman–Crippen MR) is 95.5 cm³/mol. The maximum atomic E-state index is 12.0. The zero-order chi connectivity index (χ0) is 18.7. The average molecular weight is 379 g/mol.